The van der Waals surface area contributed by atoms with Crippen molar-refractivity contribution in [3.63, 3.8) is 0 Å². The van der Waals surface area contributed by atoms with E-state index in [0.29, 0.717) is 17.1 Å². The van der Waals surface area contributed by atoms with Crippen molar-refractivity contribution < 1.29 is 8.91 Å². The van der Waals surface area contributed by atoms with E-state index in [2.05, 4.69) is 15.1 Å². The topological polar surface area (TPSA) is 77.8 Å². The predicted molar refractivity (Wildman–Crippen MR) is 76.8 cm³/mol. The van der Waals surface area contributed by atoms with Crippen molar-refractivity contribution >= 4 is 5.69 Å². The fourth-order valence-corrected chi connectivity index (χ4v) is 2.13. The molecule has 0 fully saturated rings. The molecule has 2 aromatic heterocycles. The second-order valence-electron chi connectivity index (χ2n) is 4.79. The fourth-order valence-electron chi connectivity index (χ4n) is 2.13. The van der Waals surface area contributed by atoms with Crippen molar-refractivity contribution in [3.8, 4) is 22.8 Å². The van der Waals surface area contributed by atoms with Gasteiger partial charge in [-0.1, -0.05) is 5.16 Å². The molecule has 2 heterocycles. The highest BCUT2D eigenvalue weighted by Crippen LogP contribution is 2.27. The van der Waals surface area contributed by atoms with Gasteiger partial charge in [0, 0.05) is 22.6 Å². The Morgan fingerprint density at radius 2 is 1.76 bits per heavy atom. The first-order chi connectivity index (χ1) is 10.0. The number of nitrogens with two attached hydrogens (primary N) is 1. The van der Waals surface area contributed by atoms with Crippen molar-refractivity contribution in [2.45, 2.75) is 13.8 Å². The van der Waals surface area contributed by atoms with E-state index in [1.54, 1.807) is 0 Å². The number of benzene rings is 1. The van der Waals surface area contributed by atoms with E-state index in [4.69, 9.17) is 10.3 Å². The Labute approximate surface area is 120 Å². The Morgan fingerprint density at radius 3 is 2.48 bits per heavy atom. The summed E-state index contributed by atoms with van der Waals surface area (Å²) in [5, 5.41) is 3.92. The molecule has 106 valence electrons. The van der Waals surface area contributed by atoms with Gasteiger partial charge in [0.15, 0.2) is 0 Å². The van der Waals surface area contributed by atoms with Gasteiger partial charge in [-0.2, -0.15) is 4.98 Å². The molecule has 0 unspecified atom stereocenters. The fraction of sp³-hybridized carbons (Fsp3) is 0.133. The second-order valence-corrected chi connectivity index (χ2v) is 4.79. The molecule has 0 amide bonds. The van der Waals surface area contributed by atoms with Gasteiger partial charge in [0.2, 0.25) is 5.82 Å². The molecule has 1 aromatic carbocycles. The molecule has 0 saturated carbocycles. The van der Waals surface area contributed by atoms with Crippen LogP contribution in [0.2, 0.25) is 0 Å². The van der Waals surface area contributed by atoms with Gasteiger partial charge in [-0.05, 0) is 44.2 Å². The minimum absolute atomic E-state index is 0.189. The Bertz CT molecular complexity index is 793. The maximum atomic E-state index is 13.3. The summed E-state index contributed by atoms with van der Waals surface area (Å²) in [5.74, 6) is 0.200. The lowest BCUT2D eigenvalue weighted by molar-refractivity contribution is 0.432. The van der Waals surface area contributed by atoms with Crippen LogP contribution in [-0.2, 0) is 0 Å². The number of aryl methyl sites for hydroxylation is 2. The molecule has 0 bridgehead atoms. The maximum Gasteiger partial charge on any atom is 0.260 e. The van der Waals surface area contributed by atoms with Gasteiger partial charge < -0.3 is 10.3 Å². The molecule has 0 spiro atoms. The van der Waals surface area contributed by atoms with E-state index in [1.807, 2.05) is 26.0 Å². The highest BCUT2D eigenvalue weighted by Gasteiger charge is 2.14. The number of hydrogen-bond donors (Lipinski definition) is 1. The van der Waals surface area contributed by atoms with Gasteiger partial charge in [-0.3, -0.25) is 4.98 Å². The summed E-state index contributed by atoms with van der Waals surface area (Å²) in [4.78, 5) is 8.58. The number of anilines is 1. The van der Waals surface area contributed by atoms with Crippen LogP contribution >= 0.6 is 0 Å². The van der Waals surface area contributed by atoms with E-state index in [0.717, 1.165) is 17.0 Å². The number of pyridine rings is 1. The second kappa shape index (κ2) is 4.97. The highest BCUT2D eigenvalue weighted by molar-refractivity contribution is 5.71. The number of rotatable bonds is 2. The summed E-state index contributed by atoms with van der Waals surface area (Å²) >= 11 is 0. The predicted octanol–water partition coefficient (Wildman–Crippen LogP) is 3.14. The number of hydrogen-bond acceptors (Lipinski definition) is 5. The third-order valence-electron chi connectivity index (χ3n) is 3.01. The Kier molecular flexibility index (Phi) is 3.13. The first-order valence-corrected chi connectivity index (χ1v) is 6.38. The summed E-state index contributed by atoms with van der Waals surface area (Å²) in [5.41, 5.74) is 9.10. The summed E-state index contributed by atoms with van der Waals surface area (Å²) in [6.45, 7) is 3.78. The van der Waals surface area contributed by atoms with Gasteiger partial charge >= 0.3 is 0 Å². The number of nitrogens with zero attached hydrogens (tertiary/aromatic N) is 3. The van der Waals surface area contributed by atoms with E-state index in [9.17, 15) is 4.39 Å². The maximum absolute atomic E-state index is 13.3. The van der Waals surface area contributed by atoms with Gasteiger partial charge in [-0.25, -0.2) is 4.39 Å². The molecule has 5 nitrogen and oxygen atoms in total. The normalized spacial score (nSPS) is 10.8. The molecule has 6 heteroatoms. The summed E-state index contributed by atoms with van der Waals surface area (Å²) in [6, 6.07) is 7.74. The van der Waals surface area contributed by atoms with Crippen molar-refractivity contribution in [2.24, 2.45) is 0 Å². The van der Waals surface area contributed by atoms with Crippen LogP contribution in [0.4, 0.5) is 10.1 Å². The molecular formula is C15H13FN4O. The van der Waals surface area contributed by atoms with Gasteiger partial charge in [0.1, 0.15) is 5.82 Å². The first-order valence-electron chi connectivity index (χ1n) is 6.38. The van der Waals surface area contributed by atoms with Crippen LogP contribution in [0.25, 0.3) is 22.8 Å². The zero-order chi connectivity index (χ0) is 15.0. The van der Waals surface area contributed by atoms with Crippen molar-refractivity contribution in [1.29, 1.82) is 0 Å². The zero-order valence-corrected chi connectivity index (χ0v) is 11.6. The van der Waals surface area contributed by atoms with Crippen molar-refractivity contribution in [1.82, 2.24) is 15.1 Å². The Balaban J connectivity index is 2.05. The SMILES string of the molecule is Cc1cc(-c2noc(-c3cc(F)ccc3N)n2)cc(C)n1. The zero-order valence-electron chi connectivity index (χ0n) is 11.6. The smallest absolute Gasteiger partial charge is 0.260 e. The van der Waals surface area contributed by atoms with Gasteiger partial charge in [0.25, 0.3) is 5.89 Å². The van der Waals surface area contributed by atoms with Crippen LogP contribution in [0.5, 0.6) is 0 Å². The molecular weight excluding hydrogens is 271 g/mol. The largest absolute Gasteiger partial charge is 0.398 e. The quantitative estimate of drug-likeness (QED) is 0.731. The van der Waals surface area contributed by atoms with Crippen LogP contribution < -0.4 is 5.73 Å². The monoisotopic (exact) mass is 284 g/mol. The number of aromatic nitrogens is 3. The lowest BCUT2D eigenvalue weighted by Gasteiger charge is -2.00. The number of nitrogen functional groups attached to an aromatic ring is 1. The van der Waals surface area contributed by atoms with E-state index in [-0.39, 0.29) is 5.89 Å². The molecule has 0 saturated heterocycles. The number of halogens is 1. The molecule has 2 N–H and O–H groups in total. The third kappa shape index (κ3) is 2.60. The molecule has 0 aliphatic heterocycles. The molecule has 0 radical (unpaired) electrons. The minimum Gasteiger partial charge on any atom is -0.398 e. The highest BCUT2D eigenvalue weighted by atomic mass is 19.1. The summed E-state index contributed by atoms with van der Waals surface area (Å²) < 4.78 is 18.5. The molecule has 0 atom stereocenters. The average Bonchev–Trinajstić information content (AvgIpc) is 2.90. The lowest BCUT2D eigenvalue weighted by atomic mass is 10.1. The summed E-state index contributed by atoms with van der Waals surface area (Å²) in [6.07, 6.45) is 0. The molecule has 21 heavy (non-hydrogen) atoms. The van der Waals surface area contributed by atoms with Crippen LogP contribution in [0, 0.1) is 19.7 Å². The molecule has 0 aliphatic rings. The molecule has 3 aromatic rings. The van der Waals surface area contributed by atoms with E-state index in [1.165, 1.54) is 18.2 Å². The van der Waals surface area contributed by atoms with E-state index >= 15 is 0 Å². The first kappa shape index (κ1) is 13.2. The Morgan fingerprint density at radius 1 is 1.05 bits per heavy atom. The Hall–Kier alpha value is -2.76. The average molecular weight is 284 g/mol. The van der Waals surface area contributed by atoms with Crippen LogP contribution in [-0.4, -0.2) is 15.1 Å². The van der Waals surface area contributed by atoms with Crippen molar-refractivity contribution in [2.75, 3.05) is 5.73 Å². The van der Waals surface area contributed by atoms with Crippen LogP contribution in [0.1, 0.15) is 11.4 Å². The summed E-state index contributed by atoms with van der Waals surface area (Å²) in [7, 11) is 0. The lowest BCUT2D eigenvalue weighted by Crippen LogP contribution is -1.92. The van der Waals surface area contributed by atoms with Crippen LogP contribution in [0.15, 0.2) is 34.9 Å². The van der Waals surface area contributed by atoms with Gasteiger partial charge in [-0.15, -0.1) is 0 Å². The van der Waals surface area contributed by atoms with E-state index < -0.39 is 5.82 Å². The van der Waals surface area contributed by atoms with Crippen molar-refractivity contribution in [3.05, 3.63) is 47.5 Å². The van der Waals surface area contributed by atoms with Crippen LogP contribution in [0.3, 0.4) is 0 Å². The molecule has 3 rings (SSSR count). The molecule has 0 aliphatic carbocycles. The minimum atomic E-state index is -0.408. The standard InChI is InChI=1S/C15H13FN4O/c1-8-5-10(6-9(2)18-8)14-19-15(21-20-14)12-7-11(16)3-4-13(12)17/h3-7H,17H2,1-2H3. The third-order valence-corrected chi connectivity index (χ3v) is 3.01. The van der Waals surface area contributed by atoms with Gasteiger partial charge in [0.05, 0.1) is 5.56 Å².